The van der Waals surface area contributed by atoms with Crippen molar-refractivity contribution < 1.29 is 33.4 Å². The molecule has 1 aliphatic rings. The van der Waals surface area contributed by atoms with Crippen molar-refractivity contribution >= 4 is 24.1 Å². The number of likely N-dealkylation sites (tertiary alicyclic amines) is 1. The van der Waals surface area contributed by atoms with Crippen molar-refractivity contribution in [2.45, 2.75) is 71.2 Å². The third kappa shape index (κ3) is 6.36. The number of nitrogens with zero attached hydrogens (tertiary/aromatic N) is 2. The Balaban J connectivity index is 3.16. The number of ether oxygens (including phenoxy) is 3. The molecule has 1 heterocycles. The zero-order valence-corrected chi connectivity index (χ0v) is 17.6. The highest BCUT2D eigenvalue weighted by molar-refractivity contribution is 5.94. The third-order valence-electron chi connectivity index (χ3n) is 3.78. The third-order valence-corrected chi connectivity index (χ3v) is 3.78. The van der Waals surface area contributed by atoms with Crippen LogP contribution in [0.4, 0.5) is 9.59 Å². The molecule has 1 aliphatic heterocycles. The van der Waals surface area contributed by atoms with Gasteiger partial charge in [0.05, 0.1) is 19.7 Å². The predicted octanol–water partition coefficient (Wildman–Crippen LogP) is 1.26. The van der Waals surface area contributed by atoms with Crippen molar-refractivity contribution in [2.24, 2.45) is 5.73 Å². The number of hydrogen-bond donors (Lipinski definition) is 1. The summed E-state index contributed by atoms with van der Waals surface area (Å²) < 4.78 is 15.4. The summed E-state index contributed by atoms with van der Waals surface area (Å²) in [6, 6.07) is -1.80. The van der Waals surface area contributed by atoms with Gasteiger partial charge >= 0.3 is 18.2 Å². The number of nitrogens with two attached hydrogens (primary N) is 1. The van der Waals surface area contributed by atoms with Gasteiger partial charge in [-0.2, -0.15) is 0 Å². The Kier molecular flexibility index (Phi) is 7.41. The number of amides is 3. The summed E-state index contributed by atoms with van der Waals surface area (Å²) >= 11 is 0. The largest absolute Gasteiger partial charge is 0.467 e. The summed E-state index contributed by atoms with van der Waals surface area (Å²) in [6.07, 6.45) is -1.63. The van der Waals surface area contributed by atoms with E-state index in [0.717, 1.165) is 9.80 Å². The van der Waals surface area contributed by atoms with Crippen molar-refractivity contribution in [1.29, 1.82) is 0 Å². The molecule has 0 radical (unpaired) electrons. The zero-order valence-electron chi connectivity index (χ0n) is 17.6. The molecule has 1 fully saturated rings. The number of hydrogen-bond acceptors (Lipinski definition) is 8. The van der Waals surface area contributed by atoms with E-state index in [4.69, 9.17) is 19.9 Å². The highest BCUT2D eigenvalue weighted by atomic mass is 16.6. The minimum Gasteiger partial charge on any atom is -0.467 e. The highest BCUT2D eigenvalue weighted by Gasteiger charge is 2.47. The van der Waals surface area contributed by atoms with Crippen LogP contribution in [0.25, 0.3) is 0 Å². The Morgan fingerprint density at radius 3 is 2.00 bits per heavy atom. The summed E-state index contributed by atoms with van der Waals surface area (Å²) in [6.45, 7) is 9.53. The summed E-state index contributed by atoms with van der Waals surface area (Å²) in [7, 11) is 1.19. The molecule has 28 heavy (non-hydrogen) atoms. The average Bonchev–Trinajstić information content (AvgIpc) is 2.95. The van der Waals surface area contributed by atoms with Gasteiger partial charge in [0.1, 0.15) is 17.2 Å². The van der Waals surface area contributed by atoms with Gasteiger partial charge in [0.15, 0.2) is 0 Å². The molecule has 0 aromatic heterocycles. The van der Waals surface area contributed by atoms with E-state index in [0.29, 0.717) is 0 Å². The summed E-state index contributed by atoms with van der Waals surface area (Å²) in [5.41, 5.74) is 3.82. The lowest BCUT2D eigenvalue weighted by molar-refractivity contribution is -0.145. The summed E-state index contributed by atoms with van der Waals surface area (Å²) in [4.78, 5) is 51.7. The molecule has 10 heteroatoms. The topological polar surface area (TPSA) is 128 Å². The lowest BCUT2D eigenvalue weighted by Gasteiger charge is -2.30. The van der Waals surface area contributed by atoms with Crippen LogP contribution in [-0.2, 0) is 23.8 Å². The standard InChI is InChI=1S/C18H31N3O7/c1-17(2,3)27-15(24)20-10-11(8-12(20)14(23)26-7)21(13(22)9-19)16(25)28-18(4,5)6/h11-12H,8-10,19H2,1-7H3/t11-,12-/m0/s1. The van der Waals surface area contributed by atoms with E-state index in [9.17, 15) is 19.2 Å². The fourth-order valence-electron chi connectivity index (χ4n) is 2.75. The molecule has 0 saturated carbocycles. The first kappa shape index (κ1) is 23.7. The fourth-order valence-corrected chi connectivity index (χ4v) is 2.75. The molecular formula is C18H31N3O7. The van der Waals surface area contributed by atoms with Gasteiger partial charge in [0, 0.05) is 13.0 Å². The minimum absolute atomic E-state index is 0.00308. The fraction of sp³-hybridized carbons (Fsp3) is 0.778. The first-order valence-corrected chi connectivity index (χ1v) is 9.02. The van der Waals surface area contributed by atoms with Gasteiger partial charge in [-0.15, -0.1) is 0 Å². The average molecular weight is 401 g/mol. The number of rotatable bonds is 3. The van der Waals surface area contributed by atoms with Crippen LogP contribution in [0, 0.1) is 0 Å². The summed E-state index contributed by atoms with van der Waals surface area (Å²) in [5, 5.41) is 0. The quantitative estimate of drug-likeness (QED) is 0.553. The van der Waals surface area contributed by atoms with Gasteiger partial charge in [-0.3, -0.25) is 9.69 Å². The van der Waals surface area contributed by atoms with Gasteiger partial charge in [-0.25, -0.2) is 19.3 Å². The second kappa shape index (κ2) is 8.76. The second-order valence-electron chi connectivity index (χ2n) is 8.51. The van der Waals surface area contributed by atoms with Crippen molar-refractivity contribution in [1.82, 2.24) is 9.80 Å². The molecule has 0 bridgehead atoms. The molecule has 0 unspecified atom stereocenters. The maximum Gasteiger partial charge on any atom is 0.417 e. The first-order valence-electron chi connectivity index (χ1n) is 9.02. The minimum atomic E-state index is -1.000. The van der Waals surface area contributed by atoms with E-state index in [-0.39, 0.29) is 13.0 Å². The van der Waals surface area contributed by atoms with Crippen molar-refractivity contribution in [2.75, 3.05) is 20.2 Å². The molecule has 0 spiro atoms. The number of carbonyl (C=O) groups is 4. The number of carbonyl (C=O) groups excluding carboxylic acids is 4. The lowest BCUT2D eigenvalue weighted by Crippen LogP contribution is -2.50. The van der Waals surface area contributed by atoms with E-state index >= 15 is 0 Å². The Morgan fingerprint density at radius 1 is 1.04 bits per heavy atom. The van der Waals surface area contributed by atoms with E-state index in [2.05, 4.69) is 0 Å². The van der Waals surface area contributed by atoms with E-state index in [1.165, 1.54) is 7.11 Å². The van der Waals surface area contributed by atoms with Gasteiger partial charge < -0.3 is 19.9 Å². The van der Waals surface area contributed by atoms with Crippen molar-refractivity contribution in [3.63, 3.8) is 0 Å². The van der Waals surface area contributed by atoms with E-state index < -0.39 is 53.9 Å². The Morgan fingerprint density at radius 2 is 1.57 bits per heavy atom. The molecule has 2 atom stereocenters. The molecule has 2 N–H and O–H groups in total. The predicted molar refractivity (Wildman–Crippen MR) is 99.3 cm³/mol. The molecule has 0 aliphatic carbocycles. The van der Waals surface area contributed by atoms with Crippen LogP contribution in [0.1, 0.15) is 48.0 Å². The van der Waals surface area contributed by atoms with Crippen LogP contribution in [0.5, 0.6) is 0 Å². The molecule has 0 aromatic carbocycles. The van der Waals surface area contributed by atoms with E-state index in [1.54, 1.807) is 41.5 Å². The smallest absolute Gasteiger partial charge is 0.417 e. The Labute approximate surface area is 165 Å². The van der Waals surface area contributed by atoms with Crippen LogP contribution < -0.4 is 5.73 Å². The maximum absolute atomic E-state index is 12.6. The van der Waals surface area contributed by atoms with Crippen molar-refractivity contribution in [3.8, 4) is 0 Å². The normalized spacial score (nSPS) is 19.8. The second-order valence-corrected chi connectivity index (χ2v) is 8.51. The number of imide groups is 1. The zero-order chi connectivity index (χ0) is 21.9. The van der Waals surface area contributed by atoms with Gasteiger partial charge in [0.25, 0.3) is 0 Å². The molecule has 3 amide bonds. The van der Waals surface area contributed by atoms with E-state index in [1.807, 2.05) is 0 Å². The van der Waals surface area contributed by atoms with Crippen LogP contribution in [0.15, 0.2) is 0 Å². The molecule has 1 rings (SSSR count). The monoisotopic (exact) mass is 401 g/mol. The first-order chi connectivity index (χ1) is 12.7. The van der Waals surface area contributed by atoms with Crippen LogP contribution in [0.3, 0.4) is 0 Å². The molecular weight excluding hydrogens is 370 g/mol. The highest BCUT2D eigenvalue weighted by Crippen LogP contribution is 2.27. The number of methoxy groups -OCH3 is 1. The van der Waals surface area contributed by atoms with Crippen LogP contribution >= 0.6 is 0 Å². The maximum atomic E-state index is 12.6. The van der Waals surface area contributed by atoms with Gasteiger partial charge in [-0.1, -0.05) is 0 Å². The number of esters is 1. The SMILES string of the molecule is COC(=O)[C@@H]1C[C@H](N(C(=O)CN)C(=O)OC(C)(C)C)CN1C(=O)OC(C)(C)C. The molecule has 0 aromatic rings. The van der Waals surface area contributed by atoms with Gasteiger partial charge in [0.2, 0.25) is 5.91 Å². The van der Waals surface area contributed by atoms with Crippen LogP contribution in [0.2, 0.25) is 0 Å². The molecule has 10 nitrogen and oxygen atoms in total. The lowest BCUT2D eigenvalue weighted by atomic mass is 10.1. The Bertz CT molecular complexity index is 622. The Hall–Kier alpha value is -2.36. The van der Waals surface area contributed by atoms with Gasteiger partial charge in [-0.05, 0) is 41.5 Å². The summed E-state index contributed by atoms with van der Waals surface area (Å²) in [5.74, 6) is -1.34. The molecule has 160 valence electrons. The molecule has 1 saturated heterocycles. The van der Waals surface area contributed by atoms with Crippen molar-refractivity contribution in [3.05, 3.63) is 0 Å². The van der Waals surface area contributed by atoms with Crippen LogP contribution in [-0.4, -0.2) is 77.3 Å².